The van der Waals surface area contributed by atoms with Crippen molar-refractivity contribution in [2.24, 2.45) is 0 Å². The van der Waals surface area contributed by atoms with Crippen molar-refractivity contribution in [3.8, 4) is 28.7 Å². The minimum Gasteiger partial charge on any atom is -0.485 e. The van der Waals surface area contributed by atoms with Crippen LogP contribution >= 0.6 is 0 Å². The fraction of sp³-hybridized carbons (Fsp3) is 0.360. The average Bonchev–Trinajstić information content (AvgIpc) is 3.28. The van der Waals surface area contributed by atoms with E-state index in [4.69, 9.17) is 11.8 Å². The van der Waals surface area contributed by atoms with E-state index in [1.165, 1.54) is 0 Å². The molecule has 7 nitrogen and oxygen atoms in total. The molecule has 0 unspecified atom stereocenters. The average molecular weight is 433 g/mol. The maximum atomic E-state index is 9.80. The Kier molecular flexibility index (Phi) is 5.95. The fourth-order valence-corrected chi connectivity index (χ4v) is 3.41. The van der Waals surface area contributed by atoms with Gasteiger partial charge in [0.05, 0.1) is 12.4 Å². The third kappa shape index (κ3) is 5.59. The Labute approximate surface area is 190 Å². The number of ether oxygens (including phenoxy) is 1. The molecule has 3 heterocycles. The first-order valence-corrected chi connectivity index (χ1v) is 10.7. The van der Waals surface area contributed by atoms with Crippen molar-refractivity contribution in [2.75, 3.05) is 23.8 Å². The summed E-state index contributed by atoms with van der Waals surface area (Å²) in [4.78, 5) is 6.15. The molecule has 1 aromatic carbocycles. The molecule has 0 spiro atoms. The predicted octanol–water partition coefficient (Wildman–Crippen LogP) is 3.35. The second-order valence-electron chi connectivity index (χ2n) is 8.37. The zero-order chi connectivity index (χ0) is 23.4. The zero-order valence-electron chi connectivity index (χ0n) is 19.5. The first kappa shape index (κ1) is 20.4. The molecule has 1 fully saturated rings. The molecule has 3 aromatic rings. The van der Waals surface area contributed by atoms with Crippen LogP contribution in [0.4, 0.5) is 5.82 Å². The Balaban J connectivity index is 1.46. The van der Waals surface area contributed by atoms with E-state index in [0.29, 0.717) is 18.2 Å². The normalized spacial score (nSPS) is 15.1. The van der Waals surface area contributed by atoms with Crippen LogP contribution < -0.4 is 15.5 Å². The van der Waals surface area contributed by atoms with Crippen LogP contribution in [0.5, 0.6) is 5.75 Å². The minimum absolute atomic E-state index is 0.0200. The number of benzene rings is 1. The van der Waals surface area contributed by atoms with Crippen LogP contribution in [0.2, 0.25) is 0 Å². The molecule has 3 N–H and O–H groups in total. The van der Waals surface area contributed by atoms with Gasteiger partial charge in [-0.1, -0.05) is 24.0 Å². The van der Waals surface area contributed by atoms with E-state index >= 15 is 0 Å². The van der Waals surface area contributed by atoms with Gasteiger partial charge in [0.1, 0.15) is 12.2 Å². The Bertz CT molecular complexity index is 1170. The topological polar surface area (TPSA) is 89.4 Å². The number of nitrogens with zero attached hydrogens (tertiary/aromatic N) is 4. The lowest BCUT2D eigenvalue weighted by molar-refractivity contribution is 0.143. The van der Waals surface area contributed by atoms with E-state index in [9.17, 15) is 5.11 Å². The number of hydrogen-bond donors (Lipinski definition) is 2. The number of nitrogens with two attached hydrogens (primary N) is 1. The van der Waals surface area contributed by atoms with Crippen LogP contribution in [0, 0.1) is 11.8 Å². The monoisotopic (exact) mass is 432 g/mol. The lowest BCUT2D eigenvalue weighted by Crippen LogP contribution is -2.39. The molecular formula is C25H29N5O2. The molecule has 7 heteroatoms. The van der Waals surface area contributed by atoms with Crippen LogP contribution in [0.15, 0.2) is 48.9 Å². The molecule has 4 rings (SSSR count). The Morgan fingerprint density at radius 2 is 2.03 bits per heavy atom. The van der Waals surface area contributed by atoms with E-state index in [0.717, 1.165) is 48.2 Å². The maximum absolute atomic E-state index is 9.80. The summed E-state index contributed by atoms with van der Waals surface area (Å²) in [6, 6.07) is 9.55. The summed E-state index contributed by atoms with van der Waals surface area (Å²) in [6.45, 7) is 5.26. The highest BCUT2D eigenvalue weighted by atomic mass is 16.5. The van der Waals surface area contributed by atoms with Gasteiger partial charge in [0.2, 0.25) is 0 Å². The van der Waals surface area contributed by atoms with Gasteiger partial charge in [-0.15, -0.1) is 0 Å². The largest absolute Gasteiger partial charge is 0.485 e. The van der Waals surface area contributed by atoms with Crippen LogP contribution in [-0.2, 0) is 6.61 Å². The Morgan fingerprint density at radius 1 is 1.22 bits per heavy atom. The number of aliphatic hydroxyl groups is 1. The predicted molar refractivity (Wildman–Crippen MR) is 126 cm³/mol. The highest BCUT2D eigenvalue weighted by molar-refractivity contribution is 5.65. The number of aromatic nitrogens is 3. The van der Waals surface area contributed by atoms with Crippen LogP contribution in [0.25, 0.3) is 11.1 Å². The molecule has 0 bridgehead atoms. The number of anilines is 1. The summed E-state index contributed by atoms with van der Waals surface area (Å²) < 4.78 is 13.8. The van der Waals surface area contributed by atoms with Gasteiger partial charge in [-0.25, -0.2) is 4.98 Å². The SMILES string of the molecule is [2H]C1CCN(n2cc(-c3cnc(N)c(OCc4cccc(C#CC(C)(C)O)c4)c3)cn2)CC1. The highest BCUT2D eigenvalue weighted by Crippen LogP contribution is 2.27. The summed E-state index contributed by atoms with van der Waals surface area (Å²) in [5, 5.41) is 16.4. The molecule has 0 amide bonds. The van der Waals surface area contributed by atoms with Crippen molar-refractivity contribution in [3.63, 3.8) is 0 Å². The molecule has 1 saturated heterocycles. The maximum Gasteiger partial charge on any atom is 0.166 e. The third-order valence-corrected chi connectivity index (χ3v) is 5.09. The van der Waals surface area contributed by atoms with E-state index in [1.54, 1.807) is 26.2 Å². The molecule has 1 aliphatic heterocycles. The third-order valence-electron chi connectivity index (χ3n) is 5.09. The highest BCUT2D eigenvalue weighted by Gasteiger charge is 2.13. The molecule has 0 radical (unpaired) electrons. The molecule has 0 atom stereocenters. The number of nitrogen functional groups attached to an aromatic ring is 1. The van der Waals surface area contributed by atoms with Crippen molar-refractivity contribution >= 4 is 5.82 Å². The van der Waals surface area contributed by atoms with Gasteiger partial charge >= 0.3 is 0 Å². The van der Waals surface area contributed by atoms with Gasteiger partial charge in [0, 0.05) is 37.3 Å². The lowest BCUT2D eigenvalue weighted by Gasteiger charge is -2.28. The second-order valence-corrected chi connectivity index (χ2v) is 8.37. The van der Waals surface area contributed by atoms with Crippen molar-refractivity contribution in [3.05, 3.63) is 60.0 Å². The second kappa shape index (κ2) is 9.33. The molecule has 2 aromatic heterocycles. The van der Waals surface area contributed by atoms with Crippen molar-refractivity contribution < 1.29 is 11.2 Å². The quantitative estimate of drug-likeness (QED) is 0.601. The molecule has 0 aliphatic carbocycles. The number of pyridine rings is 1. The zero-order valence-corrected chi connectivity index (χ0v) is 18.5. The van der Waals surface area contributed by atoms with Crippen molar-refractivity contribution in [1.29, 1.82) is 0 Å². The molecule has 32 heavy (non-hydrogen) atoms. The van der Waals surface area contributed by atoms with Gasteiger partial charge in [-0.2, -0.15) is 9.89 Å². The van der Waals surface area contributed by atoms with Gasteiger partial charge in [-0.3, -0.25) is 5.01 Å². The summed E-state index contributed by atoms with van der Waals surface area (Å²) in [5.41, 5.74) is 8.55. The number of piperidine rings is 1. The summed E-state index contributed by atoms with van der Waals surface area (Å²) in [6.07, 6.45) is 7.20. The van der Waals surface area contributed by atoms with E-state index in [1.807, 2.05) is 41.3 Å². The molecular weight excluding hydrogens is 402 g/mol. The lowest BCUT2D eigenvalue weighted by atomic mass is 10.1. The smallest absolute Gasteiger partial charge is 0.166 e. The summed E-state index contributed by atoms with van der Waals surface area (Å²) in [5.74, 6) is 6.62. The van der Waals surface area contributed by atoms with Crippen LogP contribution in [0.3, 0.4) is 0 Å². The van der Waals surface area contributed by atoms with E-state index in [2.05, 4.69) is 26.9 Å². The van der Waals surface area contributed by atoms with E-state index < -0.39 is 5.60 Å². The van der Waals surface area contributed by atoms with Crippen LogP contribution in [0.1, 0.15) is 45.6 Å². The first-order chi connectivity index (χ1) is 15.8. The standard InChI is InChI=1S/C25H29N5O2/c1-25(2,31)10-9-19-7-6-8-20(13-19)18-32-23-14-21(15-27-24(23)26)22-16-28-30(17-22)29-11-4-3-5-12-29/h6-8,13-17,31H,3-5,11-12,18H2,1-2H3,(H2,26,27)/i3D. The van der Waals surface area contributed by atoms with E-state index in [-0.39, 0.29) is 6.40 Å². The van der Waals surface area contributed by atoms with Gasteiger partial charge in [0.25, 0.3) is 0 Å². The Morgan fingerprint density at radius 3 is 2.81 bits per heavy atom. The first-order valence-electron chi connectivity index (χ1n) is 11.3. The van der Waals surface area contributed by atoms with Crippen molar-refractivity contribution in [2.45, 2.75) is 45.3 Å². The van der Waals surface area contributed by atoms with Gasteiger partial charge in [-0.05, 0) is 56.8 Å². The summed E-state index contributed by atoms with van der Waals surface area (Å²) >= 11 is 0. The van der Waals surface area contributed by atoms with Crippen molar-refractivity contribution in [1.82, 2.24) is 14.9 Å². The van der Waals surface area contributed by atoms with Gasteiger partial charge in [0.15, 0.2) is 11.6 Å². The molecule has 1 aliphatic rings. The van der Waals surface area contributed by atoms with Crippen LogP contribution in [-0.4, -0.2) is 38.7 Å². The minimum atomic E-state index is -1.04. The molecule has 0 saturated carbocycles. The fourth-order valence-electron chi connectivity index (χ4n) is 3.41. The summed E-state index contributed by atoms with van der Waals surface area (Å²) in [7, 11) is 0. The molecule has 166 valence electrons. The van der Waals surface area contributed by atoms with Gasteiger partial charge < -0.3 is 15.6 Å². The number of hydrogen-bond acceptors (Lipinski definition) is 6. The number of rotatable bonds is 5. The Hall–Kier alpha value is -3.50.